The van der Waals surface area contributed by atoms with Crippen molar-refractivity contribution in [2.24, 2.45) is 11.7 Å². The van der Waals surface area contributed by atoms with Crippen molar-refractivity contribution in [3.05, 3.63) is 22.5 Å². The van der Waals surface area contributed by atoms with Crippen LogP contribution in [0.2, 0.25) is 0 Å². The molecule has 0 spiro atoms. The summed E-state index contributed by atoms with van der Waals surface area (Å²) in [6.07, 6.45) is 5.73. The Bertz CT molecular complexity index is 553. The molecule has 2 aliphatic rings. The Morgan fingerprint density at radius 2 is 2.15 bits per heavy atom. The molecule has 1 atom stereocenters. The fourth-order valence-electron chi connectivity index (χ4n) is 3.72. The van der Waals surface area contributed by atoms with Gasteiger partial charge in [0.1, 0.15) is 5.69 Å². The summed E-state index contributed by atoms with van der Waals surface area (Å²) >= 11 is 0. The van der Waals surface area contributed by atoms with Gasteiger partial charge in [0, 0.05) is 30.0 Å². The standard InChI is InChI=1S/C16H23N3O/c1-10-5-4-8-19(9-10)15-11(2)14(16(17)20)18-13-7-3-6-12(13)15/h10H,3-9H2,1-2H3,(H2,17,20). The minimum absolute atomic E-state index is 0.400. The number of anilines is 1. The predicted molar refractivity (Wildman–Crippen MR) is 80.1 cm³/mol. The Kier molecular flexibility index (Phi) is 3.40. The van der Waals surface area contributed by atoms with Crippen molar-refractivity contribution in [2.75, 3.05) is 18.0 Å². The fraction of sp³-hybridized carbons (Fsp3) is 0.625. The van der Waals surface area contributed by atoms with E-state index in [4.69, 9.17) is 5.73 Å². The highest BCUT2D eigenvalue weighted by molar-refractivity contribution is 5.94. The Labute approximate surface area is 120 Å². The van der Waals surface area contributed by atoms with Crippen LogP contribution in [0.1, 0.15) is 53.5 Å². The van der Waals surface area contributed by atoms with Crippen LogP contribution in [-0.4, -0.2) is 24.0 Å². The van der Waals surface area contributed by atoms with Gasteiger partial charge in [-0.3, -0.25) is 4.79 Å². The van der Waals surface area contributed by atoms with Crippen LogP contribution in [0.5, 0.6) is 0 Å². The molecule has 1 unspecified atom stereocenters. The summed E-state index contributed by atoms with van der Waals surface area (Å²) in [5.74, 6) is 0.314. The molecule has 1 saturated heterocycles. The largest absolute Gasteiger partial charge is 0.371 e. The average Bonchev–Trinajstić information content (AvgIpc) is 2.85. The van der Waals surface area contributed by atoms with Crippen molar-refractivity contribution in [2.45, 2.75) is 46.0 Å². The molecule has 0 bridgehead atoms. The maximum atomic E-state index is 11.7. The maximum Gasteiger partial charge on any atom is 0.267 e. The number of pyridine rings is 1. The second-order valence-corrected chi connectivity index (χ2v) is 6.27. The number of fused-ring (bicyclic) bond motifs is 1. The van der Waals surface area contributed by atoms with Crippen LogP contribution in [0.25, 0.3) is 0 Å². The number of rotatable bonds is 2. The molecule has 3 rings (SSSR count). The van der Waals surface area contributed by atoms with E-state index < -0.39 is 5.91 Å². The third-order valence-corrected chi connectivity index (χ3v) is 4.64. The van der Waals surface area contributed by atoms with E-state index in [1.54, 1.807) is 0 Å². The molecule has 108 valence electrons. The van der Waals surface area contributed by atoms with Crippen LogP contribution in [0.4, 0.5) is 5.69 Å². The van der Waals surface area contributed by atoms with E-state index in [1.165, 1.54) is 24.1 Å². The van der Waals surface area contributed by atoms with E-state index in [0.29, 0.717) is 11.6 Å². The minimum Gasteiger partial charge on any atom is -0.371 e. The normalized spacial score (nSPS) is 21.9. The molecule has 1 fully saturated rings. The third-order valence-electron chi connectivity index (χ3n) is 4.64. The first-order valence-corrected chi connectivity index (χ1v) is 7.65. The number of hydrogen-bond donors (Lipinski definition) is 1. The second kappa shape index (κ2) is 5.08. The van der Waals surface area contributed by atoms with E-state index in [-0.39, 0.29) is 0 Å². The summed E-state index contributed by atoms with van der Waals surface area (Å²) < 4.78 is 0. The molecule has 20 heavy (non-hydrogen) atoms. The topological polar surface area (TPSA) is 59.2 Å². The lowest BCUT2D eigenvalue weighted by Crippen LogP contribution is -2.36. The van der Waals surface area contributed by atoms with Crippen molar-refractivity contribution in [3.63, 3.8) is 0 Å². The summed E-state index contributed by atoms with van der Waals surface area (Å²) in [4.78, 5) is 18.6. The Morgan fingerprint density at radius 3 is 2.85 bits per heavy atom. The number of primary amides is 1. The summed E-state index contributed by atoms with van der Waals surface area (Å²) in [6.45, 7) is 6.47. The molecule has 1 aromatic heterocycles. The van der Waals surface area contributed by atoms with Crippen molar-refractivity contribution >= 4 is 11.6 Å². The molecule has 1 aliphatic heterocycles. The molecule has 1 amide bonds. The highest BCUT2D eigenvalue weighted by atomic mass is 16.1. The monoisotopic (exact) mass is 273 g/mol. The van der Waals surface area contributed by atoms with Gasteiger partial charge in [0.05, 0.1) is 0 Å². The number of carbonyl (C=O) groups excluding carboxylic acids is 1. The molecule has 2 heterocycles. The highest BCUT2D eigenvalue weighted by Crippen LogP contribution is 2.36. The van der Waals surface area contributed by atoms with Crippen molar-refractivity contribution in [3.8, 4) is 0 Å². The van der Waals surface area contributed by atoms with Gasteiger partial charge < -0.3 is 10.6 Å². The van der Waals surface area contributed by atoms with Gasteiger partial charge in [-0.2, -0.15) is 0 Å². The smallest absolute Gasteiger partial charge is 0.267 e. The quantitative estimate of drug-likeness (QED) is 0.898. The first kappa shape index (κ1) is 13.4. The van der Waals surface area contributed by atoms with Gasteiger partial charge in [0.25, 0.3) is 5.91 Å². The van der Waals surface area contributed by atoms with Gasteiger partial charge in [0.2, 0.25) is 0 Å². The molecular weight excluding hydrogens is 250 g/mol. The van der Waals surface area contributed by atoms with Crippen molar-refractivity contribution in [1.29, 1.82) is 0 Å². The summed E-state index contributed by atoms with van der Waals surface area (Å²) in [5, 5.41) is 0. The fourth-order valence-corrected chi connectivity index (χ4v) is 3.72. The zero-order chi connectivity index (χ0) is 14.3. The van der Waals surface area contributed by atoms with E-state index >= 15 is 0 Å². The van der Waals surface area contributed by atoms with Crippen LogP contribution in [0, 0.1) is 12.8 Å². The van der Waals surface area contributed by atoms with Gasteiger partial charge >= 0.3 is 0 Å². The first-order chi connectivity index (χ1) is 9.58. The lowest BCUT2D eigenvalue weighted by Gasteiger charge is -2.35. The van der Waals surface area contributed by atoms with Gasteiger partial charge in [-0.15, -0.1) is 0 Å². The number of aromatic nitrogens is 1. The average molecular weight is 273 g/mol. The number of carbonyl (C=O) groups is 1. The number of nitrogens with zero attached hydrogens (tertiary/aromatic N) is 2. The van der Waals surface area contributed by atoms with E-state index in [9.17, 15) is 4.79 Å². The highest BCUT2D eigenvalue weighted by Gasteiger charge is 2.28. The van der Waals surface area contributed by atoms with Crippen molar-refractivity contribution < 1.29 is 4.79 Å². The van der Waals surface area contributed by atoms with Crippen LogP contribution in [-0.2, 0) is 12.8 Å². The number of aryl methyl sites for hydroxylation is 1. The van der Waals surface area contributed by atoms with E-state index in [0.717, 1.165) is 43.6 Å². The zero-order valence-electron chi connectivity index (χ0n) is 12.4. The predicted octanol–water partition coefficient (Wildman–Crippen LogP) is 2.21. The number of amides is 1. The molecule has 1 aromatic rings. The molecule has 4 nitrogen and oxygen atoms in total. The molecule has 4 heteroatoms. The SMILES string of the molecule is Cc1c(C(N)=O)nc2c(c1N1CCCC(C)C1)CCC2. The summed E-state index contributed by atoms with van der Waals surface area (Å²) in [6, 6.07) is 0. The minimum atomic E-state index is -0.400. The summed E-state index contributed by atoms with van der Waals surface area (Å²) in [7, 11) is 0. The Morgan fingerprint density at radius 1 is 1.35 bits per heavy atom. The Hall–Kier alpha value is -1.58. The molecular formula is C16H23N3O. The second-order valence-electron chi connectivity index (χ2n) is 6.27. The molecule has 2 N–H and O–H groups in total. The van der Waals surface area contributed by atoms with Crippen LogP contribution in [0.3, 0.4) is 0 Å². The van der Waals surface area contributed by atoms with Crippen molar-refractivity contribution in [1.82, 2.24) is 4.98 Å². The van der Waals surface area contributed by atoms with E-state index in [2.05, 4.69) is 16.8 Å². The zero-order valence-corrected chi connectivity index (χ0v) is 12.4. The lowest BCUT2D eigenvalue weighted by molar-refractivity contribution is 0.0994. The molecule has 1 aliphatic carbocycles. The molecule has 0 saturated carbocycles. The lowest BCUT2D eigenvalue weighted by atomic mass is 9.96. The third kappa shape index (κ3) is 2.17. The number of hydrogen-bond acceptors (Lipinski definition) is 3. The van der Waals surface area contributed by atoms with Gasteiger partial charge in [-0.05, 0) is 50.5 Å². The van der Waals surface area contributed by atoms with Gasteiger partial charge in [0.15, 0.2) is 0 Å². The molecule has 0 radical (unpaired) electrons. The summed E-state index contributed by atoms with van der Waals surface area (Å²) in [5.41, 5.74) is 10.7. The number of piperidine rings is 1. The van der Waals surface area contributed by atoms with Gasteiger partial charge in [-0.25, -0.2) is 4.98 Å². The first-order valence-electron chi connectivity index (χ1n) is 7.65. The molecule has 0 aromatic carbocycles. The maximum absolute atomic E-state index is 11.7. The van der Waals surface area contributed by atoms with Crippen LogP contribution in [0.15, 0.2) is 0 Å². The number of nitrogens with two attached hydrogens (primary N) is 1. The van der Waals surface area contributed by atoms with E-state index in [1.807, 2.05) is 6.92 Å². The Balaban J connectivity index is 2.10. The van der Waals surface area contributed by atoms with Crippen LogP contribution < -0.4 is 10.6 Å². The van der Waals surface area contributed by atoms with Crippen LogP contribution >= 0.6 is 0 Å². The van der Waals surface area contributed by atoms with Gasteiger partial charge in [-0.1, -0.05) is 6.92 Å².